The number of aromatic nitrogens is 2. The minimum atomic E-state index is -0.0820. The first-order valence-electron chi connectivity index (χ1n) is 13.2. The molecule has 2 saturated heterocycles. The van der Waals surface area contributed by atoms with Crippen molar-refractivity contribution < 1.29 is 4.79 Å². The monoisotopic (exact) mass is 589 g/mol. The van der Waals surface area contributed by atoms with E-state index in [2.05, 4.69) is 80.9 Å². The van der Waals surface area contributed by atoms with E-state index in [1.165, 1.54) is 56.1 Å². The number of likely N-dealkylation sites (tertiary alicyclic amines) is 2. The SMILES string of the molecule is CC(=O)Nc1ccc(C2CCN(C(C)CCc3ccc(C4CCN(C(C)I)CC4)nc3)CC2)cn1. The third kappa shape index (κ3) is 7.46. The Morgan fingerprint density at radius 2 is 1.66 bits per heavy atom. The topological polar surface area (TPSA) is 61.4 Å². The Labute approximate surface area is 224 Å². The maximum atomic E-state index is 11.2. The summed E-state index contributed by atoms with van der Waals surface area (Å²) in [6, 6.07) is 9.21. The Kier molecular flexibility index (Phi) is 9.53. The number of anilines is 1. The van der Waals surface area contributed by atoms with Gasteiger partial charge in [-0.15, -0.1) is 0 Å². The molecule has 6 nitrogen and oxygen atoms in total. The summed E-state index contributed by atoms with van der Waals surface area (Å²) < 4.78 is 0.622. The highest BCUT2D eigenvalue weighted by atomic mass is 127. The standard InChI is InChI=1S/C28H40IN5O/c1-20(33-14-10-24(11-15-33)26-7-9-28(31-19-26)32-22(3)35)4-5-23-6-8-27(30-18-23)25-12-16-34(17-13-25)21(2)29/h6-9,18-21,24-25H,4-5,10-17H2,1-3H3,(H,31,32,35). The average molecular weight is 590 g/mol. The van der Waals surface area contributed by atoms with E-state index in [0.29, 0.717) is 27.7 Å². The van der Waals surface area contributed by atoms with Crippen molar-refractivity contribution in [2.24, 2.45) is 0 Å². The summed E-state index contributed by atoms with van der Waals surface area (Å²) in [4.78, 5) is 25.7. The molecule has 0 spiro atoms. The van der Waals surface area contributed by atoms with Crippen molar-refractivity contribution in [3.8, 4) is 0 Å². The van der Waals surface area contributed by atoms with Gasteiger partial charge in [0.1, 0.15) is 5.82 Å². The molecular formula is C28H40IN5O. The summed E-state index contributed by atoms with van der Waals surface area (Å²) in [5, 5.41) is 2.74. The molecule has 35 heavy (non-hydrogen) atoms. The molecule has 4 heterocycles. The van der Waals surface area contributed by atoms with Crippen LogP contribution in [0.15, 0.2) is 36.7 Å². The molecule has 0 aliphatic carbocycles. The molecule has 190 valence electrons. The number of pyridine rings is 2. The van der Waals surface area contributed by atoms with Crippen molar-refractivity contribution >= 4 is 34.3 Å². The van der Waals surface area contributed by atoms with E-state index < -0.39 is 0 Å². The Balaban J connectivity index is 1.19. The molecule has 0 radical (unpaired) electrons. The molecule has 2 atom stereocenters. The number of piperidine rings is 2. The third-order valence-corrected chi connectivity index (χ3v) is 8.65. The lowest BCUT2D eigenvalue weighted by molar-refractivity contribution is -0.114. The van der Waals surface area contributed by atoms with Gasteiger partial charge in [0.25, 0.3) is 0 Å². The summed E-state index contributed by atoms with van der Waals surface area (Å²) in [6.45, 7) is 10.8. The van der Waals surface area contributed by atoms with Gasteiger partial charge in [-0.1, -0.05) is 34.7 Å². The molecule has 2 aliphatic rings. The molecule has 1 amide bonds. The smallest absolute Gasteiger partial charge is 0.222 e. The van der Waals surface area contributed by atoms with Crippen LogP contribution in [0.1, 0.15) is 81.5 Å². The first-order valence-corrected chi connectivity index (χ1v) is 14.4. The molecule has 4 rings (SSSR count). The summed E-state index contributed by atoms with van der Waals surface area (Å²) in [6.07, 6.45) is 11.1. The van der Waals surface area contributed by atoms with E-state index in [4.69, 9.17) is 4.98 Å². The van der Waals surface area contributed by atoms with Gasteiger partial charge < -0.3 is 10.2 Å². The molecule has 0 bridgehead atoms. The Bertz CT molecular complexity index is 933. The highest BCUT2D eigenvalue weighted by Gasteiger charge is 2.25. The van der Waals surface area contributed by atoms with Crippen LogP contribution in [0.3, 0.4) is 0 Å². The van der Waals surface area contributed by atoms with E-state index in [0.717, 1.165) is 32.4 Å². The number of nitrogens with one attached hydrogen (secondary N) is 1. The molecular weight excluding hydrogens is 549 g/mol. The second-order valence-electron chi connectivity index (χ2n) is 10.3. The van der Waals surface area contributed by atoms with E-state index in [1.54, 1.807) is 0 Å². The second-order valence-corrected chi connectivity index (χ2v) is 12.1. The van der Waals surface area contributed by atoms with Gasteiger partial charge in [0.05, 0.1) is 4.05 Å². The first kappa shape index (κ1) is 26.5. The fourth-order valence-corrected chi connectivity index (χ4v) is 6.07. The normalized spacial score (nSPS) is 20.5. The molecule has 0 aromatic carbocycles. The molecule has 2 aromatic rings. The van der Waals surface area contributed by atoms with Crippen LogP contribution < -0.4 is 5.32 Å². The molecule has 0 saturated carbocycles. The van der Waals surface area contributed by atoms with Crippen molar-refractivity contribution in [1.29, 1.82) is 0 Å². The number of rotatable bonds is 8. The van der Waals surface area contributed by atoms with E-state index in [1.807, 2.05) is 12.3 Å². The number of alkyl halides is 1. The Morgan fingerprint density at radius 1 is 0.971 bits per heavy atom. The predicted octanol–water partition coefficient (Wildman–Crippen LogP) is 5.60. The number of hydrogen-bond donors (Lipinski definition) is 1. The van der Waals surface area contributed by atoms with Crippen molar-refractivity contribution in [2.75, 3.05) is 31.5 Å². The van der Waals surface area contributed by atoms with E-state index >= 15 is 0 Å². The van der Waals surface area contributed by atoms with Crippen LogP contribution >= 0.6 is 22.6 Å². The largest absolute Gasteiger partial charge is 0.311 e. The molecule has 2 fully saturated rings. The van der Waals surface area contributed by atoms with Gasteiger partial charge in [0.15, 0.2) is 0 Å². The second kappa shape index (κ2) is 12.6. The van der Waals surface area contributed by atoms with E-state index in [-0.39, 0.29) is 5.91 Å². The first-order chi connectivity index (χ1) is 16.9. The number of halogens is 1. The zero-order valence-electron chi connectivity index (χ0n) is 21.4. The Morgan fingerprint density at radius 3 is 2.23 bits per heavy atom. The summed E-state index contributed by atoms with van der Waals surface area (Å²) in [5.74, 6) is 1.72. The number of carbonyl (C=O) groups excluding carboxylic acids is 1. The minimum absolute atomic E-state index is 0.0820. The van der Waals surface area contributed by atoms with Crippen LogP contribution in [0.2, 0.25) is 0 Å². The van der Waals surface area contributed by atoms with Gasteiger partial charge in [-0.25, -0.2) is 4.98 Å². The fourth-order valence-electron chi connectivity index (χ4n) is 5.51. The zero-order chi connectivity index (χ0) is 24.8. The van der Waals surface area contributed by atoms with Gasteiger partial charge in [-0.2, -0.15) is 0 Å². The van der Waals surface area contributed by atoms with Crippen LogP contribution in [0.25, 0.3) is 0 Å². The molecule has 1 N–H and O–H groups in total. The number of carbonyl (C=O) groups is 1. The highest BCUT2D eigenvalue weighted by Crippen LogP contribution is 2.30. The zero-order valence-corrected chi connectivity index (χ0v) is 23.6. The van der Waals surface area contributed by atoms with Gasteiger partial charge in [-0.05, 0) is 108 Å². The van der Waals surface area contributed by atoms with Crippen molar-refractivity contribution in [2.45, 2.75) is 81.2 Å². The van der Waals surface area contributed by atoms with Crippen molar-refractivity contribution in [3.63, 3.8) is 0 Å². The molecule has 2 aromatic heterocycles. The van der Waals surface area contributed by atoms with Crippen LogP contribution in [-0.2, 0) is 11.2 Å². The summed E-state index contributed by atoms with van der Waals surface area (Å²) >= 11 is 2.52. The van der Waals surface area contributed by atoms with Gasteiger partial charge in [0, 0.05) is 37.0 Å². The van der Waals surface area contributed by atoms with Crippen LogP contribution in [0.5, 0.6) is 0 Å². The average Bonchev–Trinajstić information content (AvgIpc) is 2.88. The number of aryl methyl sites for hydroxylation is 1. The summed E-state index contributed by atoms with van der Waals surface area (Å²) in [5.41, 5.74) is 3.93. The maximum absolute atomic E-state index is 11.2. The van der Waals surface area contributed by atoms with E-state index in [9.17, 15) is 4.79 Å². The van der Waals surface area contributed by atoms with Gasteiger partial charge >= 0.3 is 0 Å². The minimum Gasteiger partial charge on any atom is -0.311 e. The Hall–Kier alpha value is -1.58. The van der Waals surface area contributed by atoms with Crippen LogP contribution in [0, 0.1) is 0 Å². The fraction of sp³-hybridized carbons (Fsp3) is 0.607. The van der Waals surface area contributed by atoms with Gasteiger partial charge in [-0.3, -0.25) is 14.7 Å². The molecule has 2 aliphatic heterocycles. The highest BCUT2D eigenvalue weighted by molar-refractivity contribution is 14.1. The van der Waals surface area contributed by atoms with Crippen molar-refractivity contribution in [1.82, 2.24) is 19.8 Å². The maximum Gasteiger partial charge on any atom is 0.222 e. The quantitative estimate of drug-likeness (QED) is 0.247. The number of nitrogens with zero attached hydrogens (tertiary/aromatic N) is 4. The lowest BCUT2D eigenvalue weighted by Gasteiger charge is -2.36. The molecule has 7 heteroatoms. The lowest BCUT2D eigenvalue weighted by Crippen LogP contribution is -2.39. The number of hydrogen-bond acceptors (Lipinski definition) is 5. The molecule has 2 unspecified atom stereocenters. The van der Waals surface area contributed by atoms with Gasteiger partial charge in [0.2, 0.25) is 5.91 Å². The summed E-state index contributed by atoms with van der Waals surface area (Å²) in [7, 11) is 0. The third-order valence-electron chi connectivity index (χ3n) is 7.86. The predicted molar refractivity (Wildman–Crippen MR) is 151 cm³/mol. The van der Waals surface area contributed by atoms with Crippen LogP contribution in [-0.4, -0.2) is 61.9 Å². The number of amides is 1. The van der Waals surface area contributed by atoms with Crippen LogP contribution in [0.4, 0.5) is 5.82 Å². The lowest BCUT2D eigenvalue weighted by atomic mass is 9.89. The van der Waals surface area contributed by atoms with Crippen molar-refractivity contribution in [3.05, 3.63) is 53.5 Å².